The fraction of sp³-hybridized carbons (Fsp3) is 0.833. The highest BCUT2D eigenvalue weighted by atomic mass is 16.7. The van der Waals surface area contributed by atoms with Crippen LogP contribution in [0.2, 0.25) is 0 Å². The van der Waals surface area contributed by atoms with Crippen molar-refractivity contribution in [1.82, 2.24) is 9.96 Å². The lowest BCUT2D eigenvalue weighted by Crippen LogP contribution is -2.56. The molecule has 2 amide bonds. The molecule has 0 radical (unpaired) electrons. The third-order valence-corrected chi connectivity index (χ3v) is 2.59. The van der Waals surface area contributed by atoms with E-state index in [9.17, 15) is 9.59 Å². The summed E-state index contributed by atoms with van der Waals surface area (Å²) in [6, 6.07) is 0. The van der Waals surface area contributed by atoms with Crippen LogP contribution in [0.3, 0.4) is 0 Å². The van der Waals surface area contributed by atoms with Gasteiger partial charge >= 0.3 is 6.09 Å². The molecule has 0 saturated carbocycles. The number of likely N-dealkylation sites (N-methyl/N-ethyl adjacent to an activating group) is 2. The quantitative estimate of drug-likeness (QED) is 0.724. The largest absolute Gasteiger partial charge is 0.444 e. The van der Waals surface area contributed by atoms with Gasteiger partial charge in [0.25, 0.3) is 5.91 Å². The Morgan fingerprint density at radius 2 is 1.44 bits per heavy atom. The van der Waals surface area contributed by atoms with E-state index in [1.807, 2.05) is 0 Å². The minimum absolute atomic E-state index is 0.335. The first-order valence-electron chi connectivity index (χ1n) is 5.72. The number of amides is 2. The first kappa shape index (κ1) is 16.7. The van der Waals surface area contributed by atoms with Crippen molar-refractivity contribution < 1.29 is 19.2 Å². The van der Waals surface area contributed by atoms with Crippen LogP contribution in [0.1, 0.15) is 34.6 Å². The van der Waals surface area contributed by atoms with Crippen LogP contribution in [0.4, 0.5) is 4.79 Å². The van der Waals surface area contributed by atoms with Gasteiger partial charge in [-0.25, -0.2) is 9.86 Å². The molecule has 106 valence electrons. The minimum Gasteiger partial charge on any atom is -0.444 e. The van der Waals surface area contributed by atoms with E-state index in [0.717, 1.165) is 5.06 Å². The van der Waals surface area contributed by atoms with Gasteiger partial charge in [-0.1, -0.05) is 0 Å². The molecule has 0 atom stereocenters. The zero-order chi connectivity index (χ0) is 14.7. The van der Waals surface area contributed by atoms with Crippen molar-refractivity contribution in [3.8, 4) is 0 Å². The molecule has 0 aliphatic carbocycles. The molecular formula is C12H24N2O4. The van der Waals surface area contributed by atoms with Crippen molar-refractivity contribution in [2.45, 2.75) is 45.8 Å². The Labute approximate surface area is 109 Å². The van der Waals surface area contributed by atoms with E-state index < -0.39 is 17.2 Å². The van der Waals surface area contributed by atoms with Crippen molar-refractivity contribution in [3.05, 3.63) is 0 Å². The number of rotatable bonds is 3. The van der Waals surface area contributed by atoms with Gasteiger partial charge in [-0.2, -0.15) is 0 Å². The predicted molar refractivity (Wildman–Crippen MR) is 67.9 cm³/mol. The summed E-state index contributed by atoms with van der Waals surface area (Å²) in [5, 5.41) is 1.08. The van der Waals surface area contributed by atoms with Crippen LogP contribution < -0.4 is 0 Å². The van der Waals surface area contributed by atoms with Crippen molar-refractivity contribution in [2.75, 3.05) is 21.2 Å². The minimum atomic E-state index is -1.05. The molecule has 0 fully saturated rings. The van der Waals surface area contributed by atoms with Crippen LogP contribution in [0, 0.1) is 0 Å². The van der Waals surface area contributed by atoms with Crippen molar-refractivity contribution in [3.63, 3.8) is 0 Å². The zero-order valence-corrected chi connectivity index (χ0v) is 12.5. The van der Waals surface area contributed by atoms with E-state index in [1.54, 1.807) is 34.6 Å². The maximum Gasteiger partial charge on any atom is 0.410 e. The van der Waals surface area contributed by atoms with Crippen molar-refractivity contribution in [1.29, 1.82) is 0 Å². The van der Waals surface area contributed by atoms with Gasteiger partial charge in [-0.3, -0.25) is 14.5 Å². The molecule has 0 aromatic carbocycles. The zero-order valence-electron chi connectivity index (χ0n) is 12.5. The summed E-state index contributed by atoms with van der Waals surface area (Å²) in [4.78, 5) is 30.1. The topological polar surface area (TPSA) is 59.1 Å². The summed E-state index contributed by atoms with van der Waals surface area (Å²) in [5.74, 6) is -0.335. The van der Waals surface area contributed by atoms with Crippen LogP contribution in [-0.4, -0.2) is 54.3 Å². The molecule has 0 saturated heterocycles. The van der Waals surface area contributed by atoms with Gasteiger partial charge in [0.15, 0.2) is 0 Å². The smallest absolute Gasteiger partial charge is 0.410 e. The molecule has 0 N–H and O–H groups in total. The molecule has 0 aliphatic rings. The van der Waals surface area contributed by atoms with Gasteiger partial charge in [0.05, 0.1) is 7.11 Å². The highest BCUT2D eigenvalue weighted by Gasteiger charge is 2.39. The van der Waals surface area contributed by atoms with Gasteiger partial charge in [0, 0.05) is 14.1 Å². The Hall–Kier alpha value is -1.30. The molecule has 0 aromatic rings. The van der Waals surface area contributed by atoms with Crippen LogP contribution in [-0.2, 0) is 14.4 Å². The Bertz CT molecular complexity index is 321. The Morgan fingerprint density at radius 3 is 1.78 bits per heavy atom. The lowest BCUT2D eigenvalue weighted by molar-refractivity contribution is -0.179. The number of carbonyl (C=O) groups is 2. The summed E-state index contributed by atoms with van der Waals surface area (Å²) in [7, 11) is 4.41. The Morgan fingerprint density at radius 1 is 1.00 bits per heavy atom. The van der Waals surface area contributed by atoms with E-state index in [4.69, 9.17) is 9.57 Å². The van der Waals surface area contributed by atoms with Crippen LogP contribution >= 0.6 is 0 Å². The average Bonchev–Trinajstić information content (AvgIpc) is 2.23. The summed E-state index contributed by atoms with van der Waals surface area (Å²) >= 11 is 0. The van der Waals surface area contributed by atoms with Gasteiger partial charge in [0.1, 0.15) is 11.1 Å². The second kappa shape index (κ2) is 5.56. The molecule has 0 unspecified atom stereocenters. The van der Waals surface area contributed by atoms with Gasteiger partial charge in [-0.15, -0.1) is 0 Å². The van der Waals surface area contributed by atoms with Gasteiger partial charge in [0.2, 0.25) is 0 Å². The SMILES string of the molecule is CON(C)C(=O)C(C)(C)N(C)C(=O)OC(C)(C)C. The maximum absolute atomic E-state index is 12.1. The normalized spacial score (nSPS) is 12.0. The first-order chi connectivity index (χ1) is 7.93. The lowest BCUT2D eigenvalue weighted by atomic mass is 10.0. The highest BCUT2D eigenvalue weighted by molar-refractivity contribution is 5.88. The summed E-state index contributed by atoms with van der Waals surface area (Å²) < 4.78 is 5.22. The molecular weight excluding hydrogens is 236 g/mol. The molecule has 0 bridgehead atoms. The number of hydrogen-bond donors (Lipinski definition) is 0. The second-order valence-corrected chi connectivity index (χ2v) is 5.58. The fourth-order valence-corrected chi connectivity index (χ4v) is 1.17. The third-order valence-electron chi connectivity index (χ3n) is 2.59. The number of hydroxylamine groups is 2. The van der Waals surface area contributed by atoms with E-state index in [-0.39, 0.29) is 5.91 Å². The van der Waals surface area contributed by atoms with Crippen LogP contribution in [0.5, 0.6) is 0 Å². The molecule has 0 aliphatic heterocycles. The maximum atomic E-state index is 12.1. The molecule has 18 heavy (non-hydrogen) atoms. The summed E-state index contributed by atoms with van der Waals surface area (Å²) in [6.45, 7) is 8.59. The highest BCUT2D eigenvalue weighted by Crippen LogP contribution is 2.19. The Kier molecular flexibility index (Phi) is 5.16. The number of nitrogens with zero attached hydrogens (tertiary/aromatic N) is 2. The number of ether oxygens (including phenoxy) is 1. The van der Waals surface area contributed by atoms with E-state index >= 15 is 0 Å². The second-order valence-electron chi connectivity index (χ2n) is 5.58. The lowest BCUT2D eigenvalue weighted by Gasteiger charge is -2.36. The van der Waals surface area contributed by atoms with E-state index in [0.29, 0.717) is 0 Å². The molecule has 0 spiro atoms. The Balaban J connectivity index is 4.90. The van der Waals surface area contributed by atoms with Crippen LogP contribution in [0.15, 0.2) is 0 Å². The third kappa shape index (κ3) is 4.18. The molecule has 0 aromatic heterocycles. The predicted octanol–water partition coefficient (Wildman–Crippen LogP) is 1.65. The number of hydrogen-bond acceptors (Lipinski definition) is 4. The summed E-state index contributed by atoms with van der Waals surface area (Å²) in [5.41, 5.74) is -1.65. The summed E-state index contributed by atoms with van der Waals surface area (Å²) in [6.07, 6.45) is -0.551. The number of carbonyl (C=O) groups excluding carboxylic acids is 2. The van der Waals surface area contributed by atoms with Crippen molar-refractivity contribution in [2.24, 2.45) is 0 Å². The standard InChI is InChI=1S/C12H24N2O4/c1-11(2,3)18-10(16)13(6)12(4,5)9(15)14(7)17-8/h1-8H3. The van der Waals surface area contributed by atoms with Crippen LogP contribution in [0.25, 0.3) is 0 Å². The van der Waals surface area contributed by atoms with Crippen molar-refractivity contribution >= 4 is 12.0 Å². The van der Waals surface area contributed by atoms with Gasteiger partial charge in [-0.05, 0) is 34.6 Å². The van der Waals surface area contributed by atoms with Gasteiger partial charge < -0.3 is 4.74 Å². The molecule has 6 nitrogen and oxygen atoms in total. The monoisotopic (exact) mass is 260 g/mol. The fourth-order valence-electron chi connectivity index (χ4n) is 1.17. The molecule has 6 heteroatoms. The first-order valence-corrected chi connectivity index (χ1v) is 5.72. The molecule has 0 rings (SSSR count). The molecule has 0 heterocycles. The van der Waals surface area contributed by atoms with E-state index in [2.05, 4.69) is 0 Å². The van der Waals surface area contributed by atoms with E-state index in [1.165, 1.54) is 26.1 Å². The average molecular weight is 260 g/mol.